The van der Waals surface area contributed by atoms with Crippen LogP contribution in [-0.4, -0.2) is 51.9 Å². The molecule has 0 N–H and O–H groups in total. The summed E-state index contributed by atoms with van der Waals surface area (Å²) in [6.07, 6.45) is 1.64. The van der Waals surface area contributed by atoms with Gasteiger partial charge in [0.15, 0.2) is 0 Å². The van der Waals surface area contributed by atoms with Crippen molar-refractivity contribution in [3.63, 3.8) is 0 Å². The molecular weight excluding hydrogens is 354 g/mol. The van der Waals surface area contributed by atoms with Gasteiger partial charge in [0.05, 0.1) is 0 Å². The minimum Gasteiger partial charge on any atom is -0.439 e. The number of aromatic nitrogens is 3. The highest BCUT2D eigenvalue weighted by molar-refractivity contribution is 5.92. The van der Waals surface area contributed by atoms with Crippen molar-refractivity contribution in [2.75, 3.05) is 31.1 Å². The lowest BCUT2D eigenvalue weighted by atomic mass is 10.2. The Bertz CT molecular complexity index is 942. The summed E-state index contributed by atoms with van der Waals surface area (Å²) in [5.74, 6) is 2.67. The molecule has 1 saturated heterocycles. The van der Waals surface area contributed by atoms with E-state index in [1.54, 1.807) is 18.3 Å². The Hall–Kier alpha value is -3.48. The Morgan fingerprint density at radius 1 is 0.964 bits per heavy atom. The number of amides is 1. The molecule has 142 valence electrons. The van der Waals surface area contributed by atoms with E-state index >= 15 is 0 Å². The SMILES string of the molecule is Cc1nc(Oc2ccccc2)cc(N2CCN(C(=O)c3ccccn3)CC2)n1. The van der Waals surface area contributed by atoms with Gasteiger partial charge in [-0.1, -0.05) is 24.3 Å². The molecule has 1 amide bonds. The van der Waals surface area contributed by atoms with Gasteiger partial charge >= 0.3 is 0 Å². The molecule has 3 aromatic rings. The van der Waals surface area contributed by atoms with Crippen LogP contribution in [0.15, 0.2) is 60.8 Å². The predicted molar refractivity (Wildman–Crippen MR) is 106 cm³/mol. The molecule has 0 bridgehead atoms. The number of hydrogen-bond acceptors (Lipinski definition) is 6. The maximum absolute atomic E-state index is 12.6. The first-order chi connectivity index (χ1) is 13.7. The van der Waals surface area contributed by atoms with E-state index in [4.69, 9.17) is 4.74 Å². The number of carbonyl (C=O) groups is 1. The summed E-state index contributed by atoms with van der Waals surface area (Å²) in [4.78, 5) is 29.6. The summed E-state index contributed by atoms with van der Waals surface area (Å²) in [6.45, 7) is 4.47. The lowest BCUT2D eigenvalue weighted by molar-refractivity contribution is 0.0740. The number of para-hydroxylation sites is 1. The van der Waals surface area contributed by atoms with Gasteiger partial charge in [0.25, 0.3) is 5.91 Å². The lowest BCUT2D eigenvalue weighted by Gasteiger charge is -2.35. The monoisotopic (exact) mass is 375 g/mol. The summed E-state index contributed by atoms with van der Waals surface area (Å²) in [7, 11) is 0. The van der Waals surface area contributed by atoms with Gasteiger partial charge in [-0.05, 0) is 31.2 Å². The van der Waals surface area contributed by atoms with Crippen LogP contribution in [-0.2, 0) is 0 Å². The van der Waals surface area contributed by atoms with Gasteiger partial charge in [0.2, 0.25) is 5.88 Å². The van der Waals surface area contributed by atoms with E-state index in [-0.39, 0.29) is 5.91 Å². The second-order valence-electron chi connectivity index (χ2n) is 6.52. The van der Waals surface area contributed by atoms with Gasteiger partial charge in [0.1, 0.15) is 23.1 Å². The molecule has 1 fully saturated rings. The summed E-state index contributed by atoms with van der Waals surface area (Å²) in [5, 5.41) is 0. The molecular formula is C21H21N5O2. The van der Waals surface area contributed by atoms with E-state index in [0.717, 1.165) is 11.6 Å². The van der Waals surface area contributed by atoms with Crippen LogP contribution in [0.1, 0.15) is 16.3 Å². The number of pyridine rings is 1. The molecule has 28 heavy (non-hydrogen) atoms. The molecule has 3 heterocycles. The van der Waals surface area contributed by atoms with Gasteiger partial charge in [-0.2, -0.15) is 4.98 Å². The number of rotatable bonds is 4. The maximum atomic E-state index is 12.6. The summed E-state index contributed by atoms with van der Waals surface area (Å²) < 4.78 is 5.86. The third-order valence-electron chi connectivity index (χ3n) is 4.54. The number of carbonyl (C=O) groups excluding carboxylic acids is 1. The minimum absolute atomic E-state index is 0.0350. The van der Waals surface area contributed by atoms with Gasteiger partial charge < -0.3 is 14.5 Å². The largest absolute Gasteiger partial charge is 0.439 e. The minimum atomic E-state index is -0.0350. The number of hydrogen-bond donors (Lipinski definition) is 0. The van der Waals surface area contributed by atoms with E-state index in [2.05, 4.69) is 19.9 Å². The zero-order valence-corrected chi connectivity index (χ0v) is 15.7. The number of aryl methyl sites for hydroxylation is 1. The van der Waals surface area contributed by atoms with E-state index in [0.29, 0.717) is 43.6 Å². The van der Waals surface area contributed by atoms with E-state index in [1.807, 2.05) is 54.3 Å². The van der Waals surface area contributed by atoms with Crippen molar-refractivity contribution in [3.8, 4) is 11.6 Å². The molecule has 0 saturated carbocycles. The molecule has 7 nitrogen and oxygen atoms in total. The second-order valence-corrected chi connectivity index (χ2v) is 6.52. The summed E-state index contributed by atoms with van der Waals surface area (Å²) >= 11 is 0. The first-order valence-electron chi connectivity index (χ1n) is 9.23. The number of piperazine rings is 1. The van der Waals surface area contributed by atoms with E-state index < -0.39 is 0 Å². The van der Waals surface area contributed by atoms with Crippen LogP contribution in [0.25, 0.3) is 0 Å². The summed E-state index contributed by atoms with van der Waals surface area (Å²) in [5.41, 5.74) is 0.479. The normalized spacial score (nSPS) is 14.0. The Morgan fingerprint density at radius 3 is 2.43 bits per heavy atom. The molecule has 1 aromatic carbocycles. The Morgan fingerprint density at radius 2 is 1.71 bits per heavy atom. The van der Waals surface area contributed by atoms with E-state index in [1.165, 1.54) is 0 Å². The zero-order valence-electron chi connectivity index (χ0n) is 15.7. The Balaban J connectivity index is 1.44. The average molecular weight is 375 g/mol. The van der Waals surface area contributed by atoms with Crippen molar-refractivity contribution < 1.29 is 9.53 Å². The van der Waals surface area contributed by atoms with Crippen molar-refractivity contribution in [3.05, 3.63) is 72.3 Å². The average Bonchev–Trinajstić information content (AvgIpc) is 2.74. The quantitative estimate of drug-likeness (QED) is 0.698. The van der Waals surface area contributed by atoms with Gasteiger partial charge in [-0.15, -0.1) is 0 Å². The van der Waals surface area contributed by atoms with Crippen LogP contribution < -0.4 is 9.64 Å². The van der Waals surface area contributed by atoms with Crippen LogP contribution in [0.5, 0.6) is 11.6 Å². The standard InChI is InChI=1S/C21H21N5O2/c1-16-23-19(15-20(24-16)28-17-7-3-2-4-8-17)25-11-13-26(14-12-25)21(27)18-9-5-6-10-22-18/h2-10,15H,11-14H2,1H3. The first kappa shape index (κ1) is 17.9. The number of benzene rings is 1. The van der Waals surface area contributed by atoms with Crippen LogP contribution in [0.3, 0.4) is 0 Å². The summed E-state index contributed by atoms with van der Waals surface area (Å²) in [6, 6.07) is 16.8. The number of anilines is 1. The topological polar surface area (TPSA) is 71.5 Å². The van der Waals surface area contributed by atoms with Crippen LogP contribution in [0, 0.1) is 6.92 Å². The molecule has 0 radical (unpaired) electrons. The van der Waals surface area contributed by atoms with Crippen LogP contribution in [0.2, 0.25) is 0 Å². The molecule has 7 heteroatoms. The first-order valence-corrected chi connectivity index (χ1v) is 9.23. The number of nitrogens with zero attached hydrogens (tertiary/aromatic N) is 5. The fourth-order valence-electron chi connectivity index (χ4n) is 3.14. The smallest absolute Gasteiger partial charge is 0.272 e. The fraction of sp³-hybridized carbons (Fsp3) is 0.238. The molecule has 1 aliphatic rings. The molecule has 0 spiro atoms. The van der Waals surface area contributed by atoms with Crippen molar-refractivity contribution in [2.45, 2.75) is 6.92 Å². The maximum Gasteiger partial charge on any atom is 0.272 e. The highest BCUT2D eigenvalue weighted by Crippen LogP contribution is 2.24. The zero-order chi connectivity index (χ0) is 19.3. The fourth-order valence-corrected chi connectivity index (χ4v) is 3.14. The Labute approximate surface area is 163 Å². The van der Waals surface area contributed by atoms with Crippen molar-refractivity contribution in [2.24, 2.45) is 0 Å². The van der Waals surface area contributed by atoms with Crippen LogP contribution >= 0.6 is 0 Å². The third kappa shape index (κ3) is 4.09. The number of ether oxygens (including phenoxy) is 1. The molecule has 0 atom stereocenters. The second kappa shape index (κ2) is 8.04. The predicted octanol–water partition coefficient (Wildman–Crippen LogP) is 2.93. The van der Waals surface area contributed by atoms with Gasteiger partial charge in [0, 0.05) is 38.4 Å². The van der Waals surface area contributed by atoms with Crippen molar-refractivity contribution >= 4 is 11.7 Å². The Kier molecular flexibility index (Phi) is 5.14. The molecule has 1 aliphatic heterocycles. The lowest BCUT2D eigenvalue weighted by Crippen LogP contribution is -2.49. The van der Waals surface area contributed by atoms with Crippen LogP contribution in [0.4, 0.5) is 5.82 Å². The van der Waals surface area contributed by atoms with Gasteiger partial charge in [-0.3, -0.25) is 9.78 Å². The van der Waals surface area contributed by atoms with Gasteiger partial charge in [-0.25, -0.2) is 4.98 Å². The molecule has 0 unspecified atom stereocenters. The van der Waals surface area contributed by atoms with Crippen molar-refractivity contribution in [1.29, 1.82) is 0 Å². The third-order valence-corrected chi connectivity index (χ3v) is 4.54. The highest BCUT2D eigenvalue weighted by atomic mass is 16.5. The van der Waals surface area contributed by atoms with Crippen molar-refractivity contribution in [1.82, 2.24) is 19.9 Å². The van der Waals surface area contributed by atoms with E-state index in [9.17, 15) is 4.79 Å². The molecule has 2 aromatic heterocycles. The highest BCUT2D eigenvalue weighted by Gasteiger charge is 2.24. The molecule has 4 rings (SSSR count). The molecule has 0 aliphatic carbocycles.